The predicted molar refractivity (Wildman–Crippen MR) is 57.5 cm³/mol. The van der Waals surface area contributed by atoms with E-state index in [1.165, 1.54) is 12.3 Å². The van der Waals surface area contributed by atoms with Gasteiger partial charge in [0.1, 0.15) is 5.56 Å². The first-order valence-corrected chi connectivity index (χ1v) is 4.48. The van der Waals surface area contributed by atoms with E-state index in [1.54, 1.807) is 6.92 Å². The Kier molecular flexibility index (Phi) is 3.65. The Labute approximate surface area is 91.0 Å². The molecule has 1 aromatic rings. The highest BCUT2D eigenvalue weighted by molar-refractivity contribution is 5.96. The molecule has 0 atom stereocenters. The molecule has 0 bridgehead atoms. The highest BCUT2D eigenvalue weighted by atomic mass is 16.4. The average molecular weight is 224 g/mol. The molecule has 5 N–H and O–H groups in total. The maximum absolute atomic E-state index is 11.5. The Bertz CT molecular complexity index is 478. The predicted octanol–water partition coefficient (Wildman–Crippen LogP) is -0.840. The molecule has 0 fully saturated rings. The van der Waals surface area contributed by atoms with Crippen LogP contribution in [0.4, 0.5) is 0 Å². The standard InChI is InChI=1S/C9H12N4O3/c1-5-2-7(14)6(3-11-5)9(15)12-4-8(10)13-16/h2-3,16H,4H2,1H3,(H2,10,13)(H,11,14)(H,12,15). The summed E-state index contributed by atoms with van der Waals surface area (Å²) in [7, 11) is 0. The van der Waals surface area contributed by atoms with E-state index < -0.39 is 5.91 Å². The monoisotopic (exact) mass is 224 g/mol. The molecule has 86 valence electrons. The van der Waals surface area contributed by atoms with Crippen molar-refractivity contribution in [2.45, 2.75) is 6.92 Å². The number of aromatic amines is 1. The number of aryl methyl sites for hydroxylation is 1. The number of nitrogens with zero attached hydrogens (tertiary/aromatic N) is 1. The summed E-state index contributed by atoms with van der Waals surface area (Å²) in [5, 5.41) is 13.3. The van der Waals surface area contributed by atoms with Crippen molar-refractivity contribution in [2.75, 3.05) is 6.54 Å². The first kappa shape index (κ1) is 11.8. The number of oxime groups is 1. The molecule has 0 aliphatic rings. The molecule has 7 heteroatoms. The number of carbonyl (C=O) groups is 1. The molecular weight excluding hydrogens is 212 g/mol. The van der Waals surface area contributed by atoms with Crippen molar-refractivity contribution in [3.05, 3.63) is 33.7 Å². The first-order chi connectivity index (χ1) is 7.54. The molecule has 1 amide bonds. The van der Waals surface area contributed by atoms with Gasteiger partial charge in [0, 0.05) is 18.0 Å². The van der Waals surface area contributed by atoms with Gasteiger partial charge < -0.3 is 21.2 Å². The summed E-state index contributed by atoms with van der Waals surface area (Å²) in [4.78, 5) is 25.6. The lowest BCUT2D eigenvalue weighted by Crippen LogP contribution is -2.35. The summed E-state index contributed by atoms with van der Waals surface area (Å²) in [6.45, 7) is 1.59. The van der Waals surface area contributed by atoms with Crippen molar-refractivity contribution < 1.29 is 10.0 Å². The largest absolute Gasteiger partial charge is 0.409 e. The smallest absolute Gasteiger partial charge is 0.257 e. The maximum Gasteiger partial charge on any atom is 0.257 e. The van der Waals surface area contributed by atoms with Crippen LogP contribution in [0.5, 0.6) is 0 Å². The Morgan fingerprint density at radius 3 is 2.94 bits per heavy atom. The highest BCUT2D eigenvalue weighted by Crippen LogP contribution is 1.91. The third-order valence-electron chi connectivity index (χ3n) is 1.86. The van der Waals surface area contributed by atoms with Gasteiger partial charge in [0.2, 0.25) is 0 Å². The lowest BCUT2D eigenvalue weighted by atomic mass is 10.2. The molecule has 1 aromatic heterocycles. The Hall–Kier alpha value is -2.31. The highest BCUT2D eigenvalue weighted by Gasteiger charge is 2.09. The third-order valence-corrected chi connectivity index (χ3v) is 1.86. The number of aromatic nitrogens is 1. The normalized spacial score (nSPS) is 11.2. The Balaban J connectivity index is 2.78. The summed E-state index contributed by atoms with van der Waals surface area (Å²) in [5.74, 6) is -0.718. The zero-order valence-corrected chi connectivity index (χ0v) is 8.65. The fourth-order valence-electron chi connectivity index (χ4n) is 1.05. The molecule has 1 heterocycles. The van der Waals surface area contributed by atoms with Crippen LogP contribution < -0.4 is 16.5 Å². The summed E-state index contributed by atoms with van der Waals surface area (Å²) in [6, 6.07) is 1.32. The van der Waals surface area contributed by atoms with Crippen LogP contribution in [0.15, 0.2) is 22.2 Å². The minimum atomic E-state index is -0.576. The van der Waals surface area contributed by atoms with Gasteiger partial charge in [0.05, 0.1) is 6.54 Å². The number of amidine groups is 1. The van der Waals surface area contributed by atoms with Gasteiger partial charge in [0.15, 0.2) is 11.3 Å². The third kappa shape index (κ3) is 2.84. The van der Waals surface area contributed by atoms with Gasteiger partial charge >= 0.3 is 0 Å². The van der Waals surface area contributed by atoms with Gasteiger partial charge in [-0.05, 0) is 6.92 Å². The second-order valence-corrected chi connectivity index (χ2v) is 3.17. The zero-order chi connectivity index (χ0) is 12.1. The molecule has 0 aromatic carbocycles. The number of nitrogens with one attached hydrogen (secondary N) is 2. The van der Waals surface area contributed by atoms with E-state index in [-0.39, 0.29) is 23.4 Å². The van der Waals surface area contributed by atoms with Crippen LogP contribution in [0.25, 0.3) is 0 Å². The SMILES string of the molecule is Cc1cc(=O)c(C(=O)NCC(N)=NO)c[nH]1. The molecule has 0 spiro atoms. The summed E-state index contributed by atoms with van der Waals surface area (Å²) >= 11 is 0. The van der Waals surface area contributed by atoms with Crippen molar-refractivity contribution >= 4 is 11.7 Å². The Morgan fingerprint density at radius 2 is 2.38 bits per heavy atom. The topological polar surface area (TPSA) is 121 Å². The van der Waals surface area contributed by atoms with Crippen LogP contribution in [0.3, 0.4) is 0 Å². The number of H-pyrrole nitrogens is 1. The van der Waals surface area contributed by atoms with Crippen LogP contribution in [0.1, 0.15) is 16.1 Å². The fourth-order valence-corrected chi connectivity index (χ4v) is 1.05. The number of hydrogen-bond acceptors (Lipinski definition) is 4. The number of nitrogens with two attached hydrogens (primary N) is 1. The molecule has 7 nitrogen and oxygen atoms in total. The number of hydrogen-bond donors (Lipinski definition) is 4. The molecule has 1 rings (SSSR count). The Morgan fingerprint density at radius 1 is 1.69 bits per heavy atom. The van der Waals surface area contributed by atoms with Crippen molar-refractivity contribution in [3.63, 3.8) is 0 Å². The minimum Gasteiger partial charge on any atom is -0.409 e. The van der Waals surface area contributed by atoms with Crippen LogP contribution >= 0.6 is 0 Å². The van der Waals surface area contributed by atoms with Crippen LogP contribution in [0, 0.1) is 6.92 Å². The van der Waals surface area contributed by atoms with Crippen molar-refractivity contribution in [3.8, 4) is 0 Å². The number of pyridine rings is 1. The van der Waals surface area contributed by atoms with Crippen LogP contribution in [-0.2, 0) is 0 Å². The van der Waals surface area contributed by atoms with Crippen LogP contribution in [0.2, 0.25) is 0 Å². The van der Waals surface area contributed by atoms with E-state index in [0.717, 1.165) is 0 Å². The molecule has 0 radical (unpaired) electrons. The summed E-state index contributed by atoms with van der Waals surface area (Å²) in [5.41, 5.74) is 5.43. The number of rotatable bonds is 3. The summed E-state index contributed by atoms with van der Waals surface area (Å²) < 4.78 is 0. The van der Waals surface area contributed by atoms with Crippen molar-refractivity contribution in [2.24, 2.45) is 10.9 Å². The van der Waals surface area contributed by atoms with E-state index in [4.69, 9.17) is 10.9 Å². The molecule has 0 saturated carbocycles. The first-order valence-electron chi connectivity index (χ1n) is 4.48. The lowest BCUT2D eigenvalue weighted by Gasteiger charge is -2.03. The van der Waals surface area contributed by atoms with E-state index in [9.17, 15) is 9.59 Å². The maximum atomic E-state index is 11.5. The summed E-state index contributed by atoms with van der Waals surface area (Å²) in [6.07, 6.45) is 1.32. The van der Waals surface area contributed by atoms with Gasteiger partial charge in [-0.1, -0.05) is 5.16 Å². The number of carbonyl (C=O) groups excluding carboxylic acids is 1. The molecular formula is C9H12N4O3. The number of amides is 1. The van der Waals surface area contributed by atoms with E-state index in [1.807, 2.05) is 0 Å². The van der Waals surface area contributed by atoms with Crippen molar-refractivity contribution in [1.29, 1.82) is 0 Å². The van der Waals surface area contributed by atoms with E-state index in [2.05, 4.69) is 15.5 Å². The fraction of sp³-hybridized carbons (Fsp3) is 0.222. The lowest BCUT2D eigenvalue weighted by molar-refractivity contribution is 0.0957. The van der Waals surface area contributed by atoms with Gasteiger partial charge in [-0.2, -0.15) is 0 Å². The van der Waals surface area contributed by atoms with Gasteiger partial charge in [-0.25, -0.2) is 0 Å². The second kappa shape index (κ2) is 4.96. The second-order valence-electron chi connectivity index (χ2n) is 3.17. The zero-order valence-electron chi connectivity index (χ0n) is 8.65. The molecule has 0 saturated heterocycles. The van der Waals surface area contributed by atoms with Crippen LogP contribution in [-0.4, -0.2) is 28.5 Å². The van der Waals surface area contributed by atoms with Gasteiger partial charge in [0.25, 0.3) is 5.91 Å². The van der Waals surface area contributed by atoms with E-state index >= 15 is 0 Å². The molecule has 0 unspecified atom stereocenters. The van der Waals surface area contributed by atoms with E-state index in [0.29, 0.717) is 5.69 Å². The quantitative estimate of drug-likeness (QED) is 0.231. The van der Waals surface area contributed by atoms with Crippen molar-refractivity contribution in [1.82, 2.24) is 10.3 Å². The molecule has 16 heavy (non-hydrogen) atoms. The van der Waals surface area contributed by atoms with Gasteiger partial charge in [-0.3, -0.25) is 9.59 Å². The molecule has 0 aliphatic heterocycles. The average Bonchev–Trinajstić information content (AvgIpc) is 2.25. The molecule has 0 aliphatic carbocycles. The minimum absolute atomic E-state index is 0.0173. The van der Waals surface area contributed by atoms with Gasteiger partial charge in [-0.15, -0.1) is 0 Å².